The van der Waals surface area contributed by atoms with Gasteiger partial charge in [0, 0.05) is 32.4 Å². The van der Waals surface area contributed by atoms with Gasteiger partial charge in [0.05, 0.1) is 25.0 Å². The molecule has 19 heavy (non-hydrogen) atoms. The Kier molecular flexibility index (Phi) is 4.06. The number of ether oxygens (including phenoxy) is 1. The molecule has 0 amide bonds. The highest BCUT2D eigenvalue weighted by atomic mass is 16.5. The maximum Gasteiger partial charge on any atom is 0.142 e. The predicted molar refractivity (Wildman–Crippen MR) is 76.4 cm³/mol. The Bertz CT molecular complexity index is 538. The molecule has 1 aromatic carbocycles. The number of nitrogens with two attached hydrogens (primary N) is 1. The van der Waals surface area contributed by atoms with Crippen LogP contribution in [-0.4, -0.2) is 30.5 Å². The van der Waals surface area contributed by atoms with Gasteiger partial charge in [0.15, 0.2) is 0 Å². The van der Waals surface area contributed by atoms with Gasteiger partial charge in [-0.3, -0.25) is 4.68 Å². The fourth-order valence-electron chi connectivity index (χ4n) is 2.08. The molecule has 2 N–H and O–H groups in total. The summed E-state index contributed by atoms with van der Waals surface area (Å²) in [5.74, 6) is 0.850. The van der Waals surface area contributed by atoms with Crippen molar-refractivity contribution in [3.63, 3.8) is 0 Å². The van der Waals surface area contributed by atoms with Crippen LogP contribution in [0.5, 0.6) is 5.75 Å². The molecule has 0 saturated carbocycles. The standard InChI is InChI=1S/C14H20N4O/c1-17(13-6-4-5-7-14(13)19-3)10-12(15)11-8-16-18(2)9-11/h4-9,12H,10,15H2,1-3H3. The lowest BCUT2D eigenvalue weighted by Gasteiger charge is -2.24. The molecule has 5 heteroatoms. The molecule has 2 rings (SSSR count). The largest absolute Gasteiger partial charge is 0.495 e. The van der Waals surface area contributed by atoms with E-state index in [1.54, 1.807) is 18.0 Å². The topological polar surface area (TPSA) is 56.3 Å². The van der Waals surface area contributed by atoms with E-state index in [0.717, 1.165) is 17.0 Å². The minimum absolute atomic E-state index is 0.0800. The van der Waals surface area contributed by atoms with Gasteiger partial charge in [-0.05, 0) is 12.1 Å². The SMILES string of the molecule is COc1ccccc1N(C)CC(N)c1cnn(C)c1. The first-order chi connectivity index (χ1) is 9.11. The summed E-state index contributed by atoms with van der Waals surface area (Å²) in [6, 6.07) is 7.83. The minimum atomic E-state index is -0.0800. The van der Waals surface area contributed by atoms with E-state index in [-0.39, 0.29) is 6.04 Å². The van der Waals surface area contributed by atoms with Crippen LogP contribution in [0, 0.1) is 0 Å². The highest BCUT2D eigenvalue weighted by molar-refractivity contribution is 5.58. The van der Waals surface area contributed by atoms with Crippen molar-refractivity contribution in [1.82, 2.24) is 9.78 Å². The first kappa shape index (κ1) is 13.4. The average Bonchev–Trinajstić information content (AvgIpc) is 2.85. The minimum Gasteiger partial charge on any atom is -0.495 e. The lowest BCUT2D eigenvalue weighted by atomic mass is 10.1. The molecule has 0 saturated heterocycles. The van der Waals surface area contributed by atoms with Crippen LogP contribution in [0.3, 0.4) is 0 Å². The first-order valence-electron chi connectivity index (χ1n) is 6.20. The molecule has 0 fully saturated rings. The molecule has 0 bridgehead atoms. The van der Waals surface area contributed by atoms with E-state index in [1.165, 1.54) is 0 Å². The number of nitrogens with zero attached hydrogens (tertiary/aromatic N) is 3. The third kappa shape index (κ3) is 3.06. The number of hydrogen-bond donors (Lipinski definition) is 1. The van der Waals surface area contributed by atoms with Gasteiger partial charge < -0.3 is 15.4 Å². The number of para-hydroxylation sites is 2. The molecule has 1 heterocycles. The Labute approximate surface area is 113 Å². The predicted octanol–water partition coefficient (Wildman–Crippen LogP) is 1.56. The molecular weight excluding hydrogens is 240 g/mol. The summed E-state index contributed by atoms with van der Waals surface area (Å²) in [5.41, 5.74) is 8.27. The second kappa shape index (κ2) is 5.75. The highest BCUT2D eigenvalue weighted by Crippen LogP contribution is 2.27. The second-order valence-corrected chi connectivity index (χ2v) is 4.61. The second-order valence-electron chi connectivity index (χ2n) is 4.61. The summed E-state index contributed by atoms with van der Waals surface area (Å²) in [5, 5.41) is 4.14. The van der Waals surface area contributed by atoms with Crippen LogP contribution in [0.1, 0.15) is 11.6 Å². The van der Waals surface area contributed by atoms with Crippen molar-refractivity contribution in [3.8, 4) is 5.75 Å². The van der Waals surface area contributed by atoms with Crippen molar-refractivity contribution < 1.29 is 4.74 Å². The van der Waals surface area contributed by atoms with E-state index in [1.807, 2.05) is 44.6 Å². The maximum atomic E-state index is 6.20. The van der Waals surface area contributed by atoms with Crippen LogP contribution < -0.4 is 15.4 Å². The molecule has 2 aromatic rings. The molecule has 0 aliphatic rings. The molecule has 1 atom stereocenters. The fraction of sp³-hybridized carbons (Fsp3) is 0.357. The number of hydrogen-bond acceptors (Lipinski definition) is 4. The van der Waals surface area contributed by atoms with Gasteiger partial charge >= 0.3 is 0 Å². The van der Waals surface area contributed by atoms with Gasteiger partial charge in [-0.25, -0.2) is 0 Å². The first-order valence-corrected chi connectivity index (χ1v) is 6.20. The highest BCUT2D eigenvalue weighted by Gasteiger charge is 2.13. The van der Waals surface area contributed by atoms with Crippen molar-refractivity contribution in [2.75, 3.05) is 25.6 Å². The number of methoxy groups -OCH3 is 1. The molecule has 1 aromatic heterocycles. The van der Waals surface area contributed by atoms with E-state index < -0.39 is 0 Å². The number of aromatic nitrogens is 2. The Morgan fingerprint density at radius 3 is 2.79 bits per heavy atom. The quantitative estimate of drug-likeness (QED) is 0.886. The van der Waals surface area contributed by atoms with Crippen molar-refractivity contribution in [2.24, 2.45) is 12.8 Å². The van der Waals surface area contributed by atoms with Crippen molar-refractivity contribution in [3.05, 3.63) is 42.2 Å². The average molecular weight is 260 g/mol. The van der Waals surface area contributed by atoms with Gasteiger partial charge in [-0.1, -0.05) is 12.1 Å². The van der Waals surface area contributed by atoms with Gasteiger partial charge in [0.1, 0.15) is 5.75 Å². The molecule has 5 nitrogen and oxygen atoms in total. The smallest absolute Gasteiger partial charge is 0.142 e. The Hall–Kier alpha value is -2.01. The number of rotatable bonds is 5. The van der Waals surface area contributed by atoms with Gasteiger partial charge in [0.2, 0.25) is 0 Å². The third-order valence-corrected chi connectivity index (χ3v) is 3.12. The maximum absolute atomic E-state index is 6.20. The van der Waals surface area contributed by atoms with Crippen molar-refractivity contribution >= 4 is 5.69 Å². The number of aryl methyl sites for hydroxylation is 1. The molecule has 0 aliphatic heterocycles. The summed E-state index contributed by atoms with van der Waals surface area (Å²) < 4.78 is 7.12. The third-order valence-electron chi connectivity index (χ3n) is 3.12. The zero-order valence-corrected chi connectivity index (χ0v) is 11.6. The van der Waals surface area contributed by atoms with Crippen molar-refractivity contribution in [2.45, 2.75) is 6.04 Å². The van der Waals surface area contributed by atoms with Crippen LogP contribution in [0.2, 0.25) is 0 Å². The van der Waals surface area contributed by atoms with Crippen molar-refractivity contribution in [1.29, 1.82) is 0 Å². The molecule has 0 spiro atoms. The van der Waals surface area contributed by atoms with Gasteiger partial charge in [0.25, 0.3) is 0 Å². The van der Waals surface area contributed by atoms with E-state index in [4.69, 9.17) is 10.5 Å². The summed E-state index contributed by atoms with van der Waals surface area (Å²) in [4.78, 5) is 2.09. The zero-order chi connectivity index (χ0) is 13.8. The van der Waals surface area contributed by atoms with Gasteiger partial charge in [-0.15, -0.1) is 0 Å². The Morgan fingerprint density at radius 2 is 2.16 bits per heavy atom. The lowest BCUT2D eigenvalue weighted by molar-refractivity contribution is 0.414. The van der Waals surface area contributed by atoms with Gasteiger partial charge in [-0.2, -0.15) is 5.10 Å². The summed E-state index contributed by atoms with van der Waals surface area (Å²) in [6.45, 7) is 0.700. The number of benzene rings is 1. The van der Waals surface area contributed by atoms with E-state index in [0.29, 0.717) is 6.54 Å². The molecule has 102 valence electrons. The monoisotopic (exact) mass is 260 g/mol. The molecule has 0 radical (unpaired) electrons. The molecule has 1 unspecified atom stereocenters. The van der Waals surface area contributed by atoms with Crippen LogP contribution in [-0.2, 0) is 7.05 Å². The summed E-state index contributed by atoms with van der Waals surface area (Å²) >= 11 is 0. The van der Waals surface area contributed by atoms with E-state index in [2.05, 4.69) is 10.00 Å². The number of anilines is 1. The van der Waals surface area contributed by atoms with E-state index in [9.17, 15) is 0 Å². The fourth-order valence-corrected chi connectivity index (χ4v) is 2.08. The van der Waals surface area contributed by atoms with Crippen LogP contribution in [0.4, 0.5) is 5.69 Å². The molecule has 0 aliphatic carbocycles. The normalized spacial score (nSPS) is 12.2. The number of likely N-dealkylation sites (N-methyl/N-ethyl adjacent to an activating group) is 1. The summed E-state index contributed by atoms with van der Waals surface area (Å²) in [7, 11) is 5.57. The lowest BCUT2D eigenvalue weighted by Crippen LogP contribution is -2.29. The van der Waals surface area contributed by atoms with Crippen LogP contribution >= 0.6 is 0 Å². The van der Waals surface area contributed by atoms with Crippen LogP contribution in [0.15, 0.2) is 36.7 Å². The Balaban J connectivity index is 2.10. The molecular formula is C14H20N4O. The van der Waals surface area contributed by atoms with Crippen LogP contribution in [0.25, 0.3) is 0 Å². The zero-order valence-electron chi connectivity index (χ0n) is 11.6. The Morgan fingerprint density at radius 1 is 1.42 bits per heavy atom. The van der Waals surface area contributed by atoms with E-state index >= 15 is 0 Å². The summed E-state index contributed by atoms with van der Waals surface area (Å²) in [6.07, 6.45) is 3.75.